The molecule has 0 spiro atoms. The minimum Gasteiger partial charge on any atom is -0.490 e. The van der Waals surface area contributed by atoms with Crippen molar-refractivity contribution in [2.24, 2.45) is 0 Å². The minimum absolute atomic E-state index is 0.170. The average Bonchev–Trinajstić information content (AvgIpc) is 2.25. The highest BCUT2D eigenvalue weighted by Crippen LogP contribution is 2.40. The molecular weight excluding hydrogens is 220 g/mol. The van der Waals surface area contributed by atoms with Crippen LogP contribution in [0.3, 0.4) is 0 Å². The maximum atomic E-state index is 6.25. The van der Waals surface area contributed by atoms with Crippen LogP contribution in [0, 0.1) is 0 Å². The van der Waals surface area contributed by atoms with Crippen LogP contribution >= 0.6 is 11.6 Å². The molecule has 2 atom stereocenters. The largest absolute Gasteiger partial charge is 0.490 e. The van der Waals surface area contributed by atoms with Crippen LogP contribution in [0.4, 0.5) is 0 Å². The molecule has 0 saturated carbocycles. The van der Waals surface area contributed by atoms with Gasteiger partial charge in [0, 0.05) is 16.5 Å². The summed E-state index contributed by atoms with van der Waals surface area (Å²) in [4.78, 5) is 0. The number of hydrogen-bond acceptors (Lipinski definition) is 1. The third-order valence-corrected chi connectivity index (χ3v) is 3.80. The molecule has 0 saturated heterocycles. The van der Waals surface area contributed by atoms with Crippen LogP contribution in [-0.2, 0) is 11.2 Å². The standard InChI is InChI=1S/C14H17ClO/c1-5-11-13(15)7-6-12-10(4)16-9(3)8(2)14(11)12/h6-9H,4-5H2,1-3H3/t8-,9+/m1/s1. The number of ether oxygens (including phenoxy) is 1. The molecule has 0 fully saturated rings. The van der Waals surface area contributed by atoms with E-state index in [4.69, 9.17) is 16.3 Å². The Kier molecular flexibility index (Phi) is 2.98. The molecule has 0 radical (unpaired) electrons. The van der Waals surface area contributed by atoms with Crippen molar-refractivity contribution in [3.05, 3.63) is 40.4 Å². The summed E-state index contributed by atoms with van der Waals surface area (Å²) in [5.41, 5.74) is 3.67. The van der Waals surface area contributed by atoms with Crippen molar-refractivity contribution in [3.8, 4) is 0 Å². The Morgan fingerprint density at radius 3 is 2.69 bits per heavy atom. The Bertz CT molecular complexity index is 437. The molecule has 2 rings (SSSR count). The molecule has 16 heavy (non-hydrogen) atoms. The van der Waals surface area contributed by atoms with Gasteiger partial charge in [-0.1, -0.05) is 32.0 Å². The molecule has 1 aromatic rings. The second-order valence-electron chi connectivity index (χ2n) is 4.38. The molecule has 2 heteroatoms. The van der Waals surface area contributed by atoms with E-state index in [-0.39, 0.29) is 6.10 Å². The highest BCUT2D eigenvalue weighted by molar-refractivity contribution is 6.31. The van der Waals surface area contributed by atoms with Crippen LogP contribution in [0.25, 0.3) is 5.76 Å². The van der Waals surface area contributed by atoms with Gasteiger partial charge in [-0.3, -0.25) is 0 Å². The molecular formula is C14H17ClO. The lowest BCUT2D eigenvalue weighted by molar-refractivity contribution is 0.150. The summed E-state index contributed by atoms with van der Waals surface area (Å²) in [5, 5.41) is 0.856. The highest BCUT2D eigenvalue weighted by Gasteiger charge is 2.29. The second kappa shape index (κ2) is 4.14. The Morgan fingerprint density at radius 1 is 1.38 bits per heavy atom. The molecule has 0 unspecified atom stereocenters. The molecule has 0 aliphatic carbocycles. The molecule has 1 aliphatic rings. The number of halogens is 1. The van der Waals surface area contributed by atoms with Gasteiger partial charge in [-0.25, -0.2) is 0 Å². The Labute approximate surface area is 102 Å². The lowest BCUT2D eigenvalue weighted by Gasteiger charge is -2.33. The van der Waals surface area contributed by atoms with E-state index < -0.39 is 0 Å². The molecule has 0 aromatic heterocycles. The van der Waals surface area contributed by atoms with Crippen LogP contribution in [0.15, 0.2) is 18.7 Å². The number of rotatable bonds is 1. The summed E-state index contributed by atoms with van der Waals surface area (Å²) >= 11 is 6.25. The number of benzene rings is 1. The zero-order valence-electron chi connectivity index (χ0n) is 10.0. The summed E-state index contributed by atoms with van der Waals surface area (Å²) in [7, 11) is 0. The van der Waals surface area contributed by atoms with Gasteiger partial charge in [0.2, 0.25) is 0 Å². The van der Waals surface area contributed by atoms with Crippen molar-refractivity contribution in [3.63, 3.8) is 0 Å². The van der Waals surface area contributed by atoms with Gasteiger partial charge < -0.3 is 4.74 Å². The fourth-order valence-corrected chi connectivity index (χ4v) is 2.68. The maximum Gasteiger partial charge on any atom is 0.120 e. The first kappa shape index (κ1) is 11.5. The van der Waals surface area contributed by atoms with Crippen molar-refractivity contribution >= 4 is 17.4 Å². The van der Waals surface area contributed by atoms with Gasteiger partial charge in [-0.2, -0.15) is 0 Å². The van der Waals surface area contributed by atoms with Gasteiger partial charge >= 0.3 is 0 Å². The topological polar surface area (TPSA) is 9.23 Å². The highest BCUT2D eigenvalue weighted by atomic mass is 35.5. The lowest BCUT2D eigenvalue weighted by atomic mass is 9.84. The molecule has 1 heterocycles. The van der Waals surface area contributed by atoms with Crippen LogP contribution in [0.5, 0.6) is 0 Å². The zero-order valence-corrected chi connectivity index (χ0v) is 10.8. The van der Waals surface area contributed by atoms with Crippen molar-refractivity contribution in [1.29, 1.82) is 0 Å². The molecule has 1 nitrogen and oxygen atoms in total. The van der Waals surface area contributed by atoms with E-state index in [1.54, 1.807) is 0 Å². The van der Waals surface area contributed by atoms with Crippen molar-refractivity contribution in [2.75, 3.05) is 0 Å². The minimum atomic E-state index is 0.170. The van der Waals surface area contributed by atoms with Gasteiger partial charge in [0.15, 0.2) is 0 Å². The summed E-state index contributed by atoms with van der Waals surface area (Å²) in [6.45, 7) is 10.4. The predicted molar refractivity (Wildman–Crippen MR) is 68.8 cm³/mol. The fourth-order valence-electron chi connectivity index (χ4n) is 2.39. The average molecular weight is 237 g/mol. The maximum absolute atomic E-state index is 6.25. The van der Waals surface area contributed by atoms with E-state index in [9.17, 15) is 0 Å². The van der Waals surface area contributed by atoms with E-state index in [1.165, 1.54) is 11.1 Å². The van der Waals surface area contributed by atoms with Gasteiger partial charge in [-0.15, -0.1) is 0 Å². The van der Waals surface area contributed by atoms with Gasteiger partial charge in [0.25, 0.3) is 0 Å². The van der Waals surface area contributed by atoms with Gasteiger partial charge in [-0.05, 0) is 36.6 Å². The first-order chi connectivity index (χ1) is 7.56. The first-order valence-corrected chi connectivity index (χ1v) is 6.11. The summed E-state index contributed by atoms with van der Waals surface area (Å²) in [6.07, 6.45) is 1.12. The fraction of sp³-hybridized carbons (Fsp3) is 0.429. The smallest absolute Gasteiger partial charge is 0.120 e. The Balaban J connectivity index is 2.67. The number of fused-ring (bicyclic) bond motifs is 1. The van der Waals surface area contributed by atoms with Crippen LogP contribution in [0.2, 0.25) is 5.02 Å². The lowest BCUT2D eigenvalue weighted by Crippen LogP contribution is -2.23. The third kappa shape index (κ3) is 1.63. The molecule has 0 amide bonds. The Morgan fingerprint density at radius 2 is 2.06 bits per heavy atom. The summed E-state index contributed by atoms with van der Waals surface area (Å²) in [6, 6.07) is 3.96. The first-order valence-electron chi connectivity index (χ1n) is 5.73. The quantitative estimate of drug-likeness (QED) is 0.703. The molecule has 1 aliphatic heterocycles. The normalized spacial score (nSPS) is 23.9. The summed E-state index contributed by atoms with van der Waals surface area (Å²) < 4.78 is 5.73. The monoisotopic (exact) mass is 236 g/mol. The van der Waals surface area contributed by atoms with Crippen LogP contribution in [0.1, 0.15) is 43.4 Å². The molecule has 0 N–H and O–H groups in total. The van der Waals surface area contributed by atoms with E-state index in [1.807, 2.05) is 12.1 Å². The van der Waals surface area contributed by atoms with Gasteiger partial charge in [0.1, 0.15) is 11.9 Å². The molecule has 0 bridgehead atoms. The molecule has 1 aromatic carbocycles. The van der Waals surface area contributed by atoms with Crippen LogP contribution < -0.4 is 0 Å². The predicted octanol–water partition coefficient (Wildman–Crippen LogP) is 4.40. The molecule has 86 valence electrons. The number of hydrogen-bond donors (Lipinski definition) is 0. The second-order valence-corrected chi connectivity index (χ2v) is 4.78. The Hall–Kier alpha value is -0.950. The van der Waals surface area contributed by atoms with E-state index in [0.717, 1.165) is 22.8 Å². The van der Waals surface area contributed by atoms with Crippen molar-refractivity contribution in [1.82, 2.24) is 0 Å². The van der Waals surface area contributed by atoms with Gasteiger partial charge in [0.05, 0.1) is 0 Å². The van der Waals surface area contributed by atoms with E-state index in [0.29, 0.717) is 5.92 Å². The summed E-state index contributed by atoms with van der Waals surface area (Å²) in [5.74, 6) is 1.14. The van der Waals surface area contributed by atoms with Crippen molar-refractivity contribution < 1.29 is 4.74 Å². The third-order valence-electron chi connectivity index (χ3n) is 3.44. The SMILES string of the molecule is C=C1O[C@@H](C)[C@@H](C)c2c1ccc(Cl)c2CC. The van der Waals surface area contributed by atoms with E-state index >= 15 is 0 Å². The van der Waals surface area contributed by atoms with E-state index in [2.05, 4.69) is 27.4 Å². The zero-order chi connectivity index (χ0) is 11.9. The van der Waals surface area contributed by atoms with Crippen molar-refractivity contribution in [2.45, 2.75) is 39.2 Å². The van der Waals surface area contributed by atoms with Crippen LogP contribution in [-0.4, -0.2) is 6.10 Å².